The summed E-state index contributed by atoms with van der Waals surface area (Å²) in [4.78, 5) is 4.09. The van der Waals surface area contributed by atoms with Crippen molar-refractivity contribution in [2.45, 2.75) is 6.61 Å². The number of nitrogens with one attached hydrogen (secondary N) is 1. The maximum Gasteiger partial charge on any atom is 0.207 e. The van der Waals surface area contributed by atoms with Crippen molar-refractivity contribution in [3.8, 4) is 22.6 Å². The van der Waals surface area contributed by atoms with E-state index in [-0.39, 0.29) is 0 Å². The lowest BCUT2D eigenvalue weighted by atomic mass is 10.0. The van der Waals surface area contributed by atoms with Crippen LogP contribution in [-0.4, -0.2) is 27.5 Å². The molecular weight excluding hydrogens is 330 g/mol. The third-order valence-electron chi connectivity index (χ3n) is 4.05. The van der Waals surface area contributed by atoms with Gasteiger partial charge in [-0.25, -0.2) is 4.98 Å². The molecule has 7 heteroatoms. The molecule has 0 aliphatic carbocycles. The van der Waals surface area contributed by atoms with E-state index >= 15 is 0 Å². The fraction of sp³-hybridized carbons (Fsp3) is 0.105. The largest absolute Gasteiger partial charge is 0.497 e. The van der Waals surface area contributed by atoms with E-state index in [1.165, 1.54) is 0 Å². The lowest BCUT2D eigenvalue weighted by molar-refractivity contribution is 0.309. The Morgan fingerprint density at radius 3 is 2.35 bits per heavy atom. The molecule has 26 heavy (non-hydrogen) atoms. The minimum Gasteiger partial charge on any atom is -0.497 e. The van der Waals surface area contributed by atoms with E-state index in [1.54, 1.807) is 13.2 Å². The van der Waals surface area contributed by atoms with Crippen LogP contribution < -0.4 is 15.2 Å². The summed E-state index contributed by atoms with van der Waals surface area (Å²) in [6.07, 6.45) is 0. The van der Waals surface area contributed by atoms with Gasteiger partial charge in [-0.3, -0.25) is 0 Å². The van der Waals surface area contributed by atoms with Gasteiger partial charge in [-0.1, -0.05) is 36.4 Å². The van der Waals surface area contributed by atoms with Crippen LogP contribution in [0.4, 0.5) is 5.82 Å². The zero-order valence-electron chi connectivity index (χ0n) is 14.1. The van der Waals surface area contributed by atoms with E-state index in [9.17, 15) is 0 Å². The number of nitrogen functional groups attached to an aromatic ring is 1. The molecule has 7 nitrogen and oxygen atoms in total. The number of anilines is 1. The van der Waals surface area contributed by atoms with Crippen molar-refractivity contribution in [2.24, 2.45) is 0 Å². The SMILES string of the molecule is COc1ccc(-c2ccc(COc3cc(N)nc4n[nH]nc34)cc2)cc1. The van der Waals surface area contributed by atoms with Crippen LogP contribution in [0.25, 0.3) is 22.3 Å². The van der Waals surface area contributed by atoms with E-state index in [4.69, 9.17) is 15.2 Å². The highest BCUT2D eigenvalue weighted by molar-refractivity contribution is 5.78. The first kappa shape index (κ1) is 15.9. The van der Waals surface area contributed by atoms with E-state index in [0.717, 1.165) is 22.4 Å². The van der Waals surface area contributed by atoms with Crippen LogP contribution >= 0.6 is 0 Å². The molecule has 0 fully saturated rings. The number of nitrogens with zero attached hydrogens (tertiary/aromatic N) is 3. The molecule has 2 aromatic carbocycles. The van der Waals surface area contributed by atoms with E-state index in [0.29, 0.717) is 29.3 Å². The van der Waals surface area contributed by atoms with Gasteiger partial charge in [0.25, 0.3) is 0 Å². The summed E-state index contributed by atoms with van der Waals surface area (Å²) in [6.45, 7) is 0.397. The van der Waals surface area contributed by atoms with Crippen LogP contribution in [0.3, 0.4) is 0 Å². The molecule has 0 bridgehead atoms. The summed E-state index contributed by atoms with van der Waals surface area (Å²) in [7, 11) is 1.66. The molecule has 0 saturated carbocycles. The molecule has 2 heterocycles. The number of fused-ring (bicyclic) bond motifs is 1. The van der Waals surface area contributed by atoms with Gasteiger partial charge < -0.3 is 15.2 Å². The highest BCUT2D eigenvalue weighted by Crippen LogP contribution is 2.25. The summed E-state index contributed by atoms with van der Waals surface area (Å²) >= 11 is 0. The van der Waals surface area contributed by atoms with Crippen molar-refractivity contribution in [2.75, 3.05) is 12.8 Å². The van der Waals surface area contributed by atoms with Crippen molar-refractivity contribution in [3.63, 3.8) is 0 Å². The third-order valence-corrected chi connectivity index (χ3v) is 4.05. The molecule has 0 radical (unpaired) electrons. The van der Waals surface area contributed by atoms with Gasteiger partial charge in [0, 0.05) is 6.07 Å². The molecule has 0 saturated heterocycles. The first-order chi connectivity index (χ1) is 12.7. The number of hydrogen-bond acceptors (Lipinski definition) is 6. The number of H-pyrrole nitrogens is 1. The Balaban J connectivity index is 1.49. The highest BCUT2D eigenvalue weighted by atomic mass is 16.5. The highest BCUT2D eigenvalue weighted by Gasteiger charge is 2.10. The second-order valence-corrected chi connectivity index (χ2v) is 5.76. The van der Waals surface area contributed by atoms with Gasteiger partial charge in [0.2, 0.25) is 5.65 Å². The first-order valence-electron chi connectivity index (χ1n) is 8.06. The maximum absolute atomic E-state index is 5.86. The Labute approximate surface area is 149 Å². The summed E-state index contributed by atoms with van der Waals surface area (Å²) in [5.41, 5.74) is 10.1. The van der Waals surface area contributed by atoms with E-state index in [1.807, 2.05) is 36.4 Å². The second-order valence-electron chi connectivity index (χ2n) is 5.76. The number of hydrogen-bond donors (Lipinski definition) is 2. The number of aromatic amines is 1. The fourth-order valence-electron chi connectivity index (χ4n) is 2.67. The lowest BCUT2D eigenvalue weighted by Gasteiger charge is -2.08. The van der Waals surface area contributed by atoms with Crippen LogP contribution in [0.1, 0.15) is 5.56 Å². The van der Waals surface area contributed by atoms with Crippen molar-refractivity contribution in [3.05, 3.63) is 60.2 Å². The molecule has 0 aliphatic heterocycles. The summed E-state index contributed by atoms with van der Waals surface area (Å²) in [5, 5.41) is 10.5. The van der Waals surface area contributed by atoms with Gasteiger partial charge in [0.15, 0.2) is 11.3 Å². The predicted octanol–water partition coefficient (Wildman–Crippen LogP) is 3.19. The summed E-state index contributed by atoms with van der Waals surface area (Å²) in [6, 6.07) is 17.8. The smallest absolute Gasteiger partial charge is 0.207 e. The summed E-state index contributed by atoms with van der Waals surface area (Å²) in [5.74, 6) is 1.74. The number of rotatable bonds is 5. The second kappa shape index (κ2) is 6.72. The van der Waals surface area contributed by atoms with E-state index in [2.05, 4.69) is 32.5 Å². The molecule has 0 spiro atoms. The van der Waals surface area contributed by atoms with Crippen LogP contribution in [0.2, 0.25) is 0 Å². The van der Waals surface area contributed by atoms with Gasteiger partial charge in [0.05, 0.1) is 7.11 Å². The first-order valence-corrected chi connectivity index (χ1v) is 8.06. The number of aromatic nitrogens is 4. The predicted molar refractivity (Wildman–Crippen MR) is 98.9 cm³/mol. The molecule has 0 amide bonds. The zero-order chi connectivity index (χ0) is 17.9. The molecular formula is C19H17N5O2. The third kappa shape index (κ3) is 3.14. The minimum absolute atomic E-state index is 0.344. The van der Waals surface area contributed by atoms with Gasteiger partial charge in [-0.15, -0.1) is 5.10 Å². The van der Waals surface area contributed by atoms with Gasteiger partial charge >= 0.3 is 0 Å². The van der Waals surface area contributed by atoms with Crippen molar-refractivity contribution in [1.29, 1.82) is 0 Å². The Kier molecular flexibility index (Phi) is 4.10. The Hall–Kier alpha value is -3.61. The molecule has 0 aliphatic rings. The molecule has 0 atom stereocenters. The molecule has 4 aromatic rings. The topological polar surface area (TPSA) is 98.9 Å². The lowest BCUT2D eigenvalue weighted by Crippen LogP contribution is -1.99. The van der Waals surface area contributed by atoms with Crippen LogP contribution in [0.5, 0.6) is 11.5 Å². The monoisotopic (exact) mass is 347 g/mol. The van der Waals surface area contributed by atoms with Crippen molar-refractivity contribution < 1.29 is 9.47 Å². The average Bonchev–Trinajstić information content (AvgIpc) is 3.15. The Bertz CT molecular complexity index is 1030. The number of ether oxygens (including phenoxy) is 2. The standard InChI is InChI=1S/C19H17N5O2/c1-25-15-8-6-14(7-9-15)13-4-2-12(3-5-13)11-26-16-10-17(20)21-19-18(16)22-24-23-19/h2-10H,11H2,1H3,(H3,20,21,22,23,24). The molecule has 0 unspecified atom stereocenters. The number of pyridine rings is 1. The van der Waals surface area contributed by atoms with Gasteiger partial charge in [-0.05, 0) is 28.8 Å². The van der Waals surface area contributed by atoms with E-state index < -0.39 is 0 Å². The van der Waals surface area contributed by atoms with Gasteiger partial charge in [-0.2, -0.15) is 10.3 Å². The number of benzene rings is 2. The normalized spacial score (nSPS) is 10.8. The average molecular weight is 347 g/mol. The maximum atomic E-state index is 5.86. The minimum atomic E-state index is 0.344. The zero-order valence-corrected chi connectivity index (χ0v) is 14.1. The van der Waals surface area contributed by atoms with Crippen LogP contribution in [0.15, 0.2) is 54.6 Å². The quantitative estimate of drug-likeness (QED) is 0.575. The Morgan fingerprint density at radius 2 is 1.65 bits per heavy atom. The van der Waals surface area contributed by atoms with Crippen LogP contribution in [0, 0.1) is 0 Å². The van der Waals surface area contributed by atoms with Crippen LogP contribution in [-0.2, 0) is 6.61 Å². The molecule has 3 N–H and O–H groups in total. The molecule has 2 aromatic heterocycles. The summed E-state index contributed by atoms with van der Waals surface area (Å²) < 4.78 is 11.1. The number of methoxy groups -OCH3 is 1. The van der Waals surface area contributed by atoms with Crippen molar-refractivity contribution >= 4 is 17.0 Å². The number of nitrogens with two attached hydrogens (primary N) is 1. The molecule has 4 rings (SSSR count). The fourth-order valence-corrected chi connectivity index (χ4v) is 2.67. The van der Waals surface area contributed by atoms with Gasteiger partial charge in [0.1, 0.15) is 18.2 Å². The molecule has 130 valence electrons. The Morgan fingerprint density at radius 1 is 0.962 bits per heavy atom. The van der Waals surface area contributed by atoms with Crippen molar-refractivity contribution in [1.82, 2.24) is 20.4 Å².